The zero-order valence-corrected chi connectivity index (χ0v) is 27.4. The molecule has 15 heteroatoms. The summed E-state index contributed by atoms with van der Waals surface area (Å²) in [5, 5.41) is 19.2. The highest BCUT2D eigenvalue weighted by Gasteiger charge is 2.50. The highest BCUT2D eigenvalue weighted by molar-refractivity contribution is 6.03. The topological polar surface area (TPSA) is 184 Å². The Morgan fingerprint density at radius 2 is 1.86 bits per heavy atom. The van der Waals surface area contributed by atoms with Crippen LogP contribution in [0.25, 0.3) is 22.2 Å². The maximum absolute atomic E-state index is 13.9. The smallest absolute Gasteiger partial charge is 0.489 e. The number of carbonyl (C=O) groups excluding carboxylic acids is 2. The van der Waals surface area contributed by atoms with Gasteiger partial charge in [-0.15, -0.1) is 8.78 Å². The van der Waals surface area contributed by atoms with Crippen LogP contribution < -0.4 is 30.6 Å². The molecule has 5 N–H and O–H groups in total. The average molecular weight is 696 g/mol. The third-order valence-corrected chi connectivity index (χ3v) is 9.51. The molecule has 1 aliphatic carbocycles. The van der Waals surface area contributed by atoms with Gasteiger partial charge in [0.05, 0.1) is 29.6 Å². The van der Waals surface area contributed by atoms with Crippen LogP contribution in [-0.4, -0.2) is 56.3 Å². The molecule has 3 aliphatic rings. The van der Waals surface area contributed by atoms with Crippen LogP contribution >= 0.6 is 0 Å². The van der Waals surface area contributed by atoms with E-state index < -0.39 is 29.1 Å². The Morgan fingerprint density at radius 3 is 2.61 bits per heavy atom. The van der Waals surface area contributed by atoms with Crippen LogP contribution in [0, 0.1) is 12.8 Å². The van der Waals surface area contributed by atoms with E-state index in [0.29, 0.717) is 51.9 Å². The number of primary amides is 1. The quantitative estimate of drug-likeness (QED) is 0.169. The number of aromatic nitrogens is 4. The molecule has 1 fully saturated rings. The van der Waals surface area contributed by atoms with Gasteiger partial charge in [-0.2, -0.15) is 0 Å². The summed E-state index contributed by atoms with van der Waals surface area (Å²) in [4.78, 5) is 44.3. The molecule has 3 aromatic heterocycles. The number of hydrogen-bond donors (Lipinski definition) is 4. The molecule has 5 aromatic rings. The minimum atomic E-state index is -3.84. The molecule has 51 heavy (non-hydrogen) atoms. The predicted molar refractivity (Wildman–Crippen MR) is 179 cm³/mol. The number of anilines is 2. The van der Waals surface area contributed by atoms with Crippen LogP contribution in [0.5, 0.6) is 17.2 Å². The van der Waals surface area contributed by atoms with Gasteiger partial charge in [0, 0.05) is 40.7 Å². The molecule has 5 heterocycles. The van der Waals surface area contributed by atoms with E-state index in [9.17, 15) is 23.5 Å². The van der Waals surface area contributed by atoms with E-state index in [1.54, 1.807) is 49.9 Å². The number of hydrogen-bond acceptors (Lipinski definition) is 11. The van der Waals surface area contributed by atoms with Gasteiger partial charge >= 0.3 is 6.29 Å². The molecule has 2 atom stereocenters. The first-order valence-corrected chi connectivity index (χ1v) is 16.2. The van der Waals surface area contributed by atoms with Gasteiger partial charge < -0.3 is 35.7 Å². The number of halogens is 2. The second-order valence-corrected chi connectivity index (χ2v) is 13.3. The van der Waals surface area contributed by atoms with Crippen molar-refractivity contribution in [3.8, 4) is 28.5 Å². The minimum Gasteiger partial charge on any atom is -0.489 e. The van der Waals surface area contributed by atoms with Crippen LogP contribution in [0.1, 0.15) is 46.9 Å². The summed E-state index contributed by atoms with van der Waals surface area (Å²) in [6.07, 6.45) is 3.83. The fraction of sp³-hybridized carbons (Fsp3) is 0.278. The maximum Gasteiger partial charge on any atom is 0.586 e. The normalized spacial score (nSPS) is 19.5. The molecule has 8 rings (SSSR count). The Kier molecular flexibility index (Phi) is 7.31. The Morgan fingerprint density at radius 1 is 1.06 bits per heavy atom. The lowest BCUT2D eigenvalue weighted by Crippen LogP contribution is -2.44. The lowest BCUT2D eigenvalue weighted by atomic mass is 9.81. The van der Waals surface area contributed by atoms with Gasteiger partial charge in [-0.1, -0.05) is 0 Å². The maximum atomic E-state index is 13.9. The molecule has 13 nitrogen and oxygen atoms in total. The highest BCUT2D eigenvalue weighted by atomic mass is 19.3. The molecule has 0 bridgehead atoms. The van der Waals surface area contributed by atoms with E-state index in [-0.39, 0.29) is 47.7 Å². The van der Waals surface area contributed by atoms with Gasteiger partial charge in [-0.25, -0.2) is 9.97 Å². The van der Waals surface area contributed by atoms with Crippen molar-refractivity contribution in [2.45, 2.75) is 44.0 Å². The van der Waals surface area contributed by atoms with E-state index in [1.165, 1.54) is 18.2 Å². The number of pyridine rings is 2. The van der Waals surface area contributed by atoms with E-state index in [2.05, 4.69) is 35.1 Å². The van der Waals surface area contributed by atoms with Gasteiger partial charge in [0.1, 0.15) is 34.9 Å². The van der Waals surface area contributed by atoms with Gasteiger partial charge in [0.25, 0.3) is 5.91 Å². The number of aliphatic hydroxyl groups is 1. The lowest BCUT2D eigenvalue weighted by molar-refractivity contribution is -0.286. The molecule has 260 valence electrons. The fourth-order valence-corrected chi connectivity index (χ4v) is 6.51. The Labute approximate surface area is 289 Å². The van der Waals surface area contributed by atoms with Crippen molar-refractivity contribution >= 4 is 34.2 Å². The van der Waals surface area contributed by atoms with Crippen molar-refractivity contribution < 1.29 is 37.7 Å². The Hall–Kier alpha value is -5.96. The number of benzene rings is 2. The first-order chi connectivity index (χ1) is 24.3. The summed E-state index contributed by atoms with van der Waals surface area (Å²) in [6, 6.07) is 11.0. The van der Waals surface area contributed by atoms with Crippen molar-refractivity contribution in [2.75, 3.05) is 18.5 Å². The third kappa shape index (κ3) is 5.68. The number of ether oxygens (including phenoxy) is 3. The second kappa shape index (κ2) is 11.6. The van der Waals surface area contributed by atoms with Crippen LogP contribution in [0.2, 0.25) is 0 Å². The molecule has 0 spiro atoms. The first-order valence-electron chi connectivity index (χ1n) is 16.2. The van der Waals surface area contributed by atoms with E-state index in [0.717, 1.165) is 5.56 Å². The van der Waals surface area contributed by atoms with Crippen molar-refractivity contribution in [1.29, 1.82) is 0 Å². The lowest BCUT2D eigenvalue weighted by Gasteiger charge is -2.30. The van der Waals surface area contributed by atoms with Crippen molar-refractivity contribution in [3.63, 3.8) is 0 Å². The number of carbonyl (C=O) groups is 2. The van der Waals surface area contributed by atoms with E-state index in [4.69, 9.17) is 15.5 Å². The van der Waals surface area contributed by atoms with Crippen LogP contribution in [0.4, 0.5) is 20.3 Å². The monoisotopic (exact) mass is 695 g/mol. The van der Waals surface area contributed by atoms with Crippen molar-refractivity contribution in [2.24, 2.45) is 11.7 Å². The largest absolute Gasteiger partial charge is 0.586 e. The SMILES string of the molecule is Cc1cnc2c(Nc3cnccn3)cc(C(=O)NCC(O)(c3cc4c(c(-c5ccc6c(c5)OC(F)(F)O6)n3)OC[C@]4(C)C(N)=O)C3CC3)cc2c1. The van der Waals surface area contributed by atoms with E-state index in [1.807, 2.05) is 13.0 Å². The molecule has 2 amide bonds. The summed E-state index contributed by atoms with van der Waals surface area (Å²) < 4.78 is 42.9. The standard InChI is InChI=1S/C36H31F2N7O6/c1-18-9-20-10-21(11-24(29(20)42-14-18)44-28-15-40-7-8-41-28)32(46)43-16-35(48,22-4-5-22)27-13-23-31(49-17-34(23,2)33(39)47)30(45-27)19-3-6-25-26(12-19)51-36(37,38)50-25/h3,6-15,22,48H,4-5,16-17H2,1-2H3,(H2,39,47)(H,41,44)(H,43,46)/t34-,35?/m0/s1. The predicted octanol–water partition coefficient (Wildman–Crippen LogP) is 4.62. The van der Waals surface area contributed by atoms with Crippen LogP contribution in [-0.2, 0) is 15.8 Å². The number of fused-ring (bicyclic) bond motifs is 3. The number of nitrogens with two attached hydrogens (primary N) is 1. The number of nitrogens with one attached hydrogen (secondary N) is 2. The molecule has 2 aliphatic heterocycles. The Bertz CT molecular complexity index is 2250. The summed E-state index contributed by atoms with van der Waals surface area (Å²) in [5.41, 5.74) is 6.24. The van der Waals surface area contributed by atoms with Crippen LogP contribution in [0.3, 0.4) is 0 Å². The highest BCUT2D eigenvalue weighted by Crippen LogP contribution is 2.51. The first kappa shape index (κ1) is 32.3. The van der Waals surface area contributed by atoms with Gasteiger partial charge in [-0.05, 0) is 80.6 Å². The summed E-state index contributed by atoms with van der Waals surface area (Å²) in [6.45, 7) is 3.18. The number of amides is 2. The molecule has 1 saturated carbocycles. The molecular formula is C36H31F2N7O6. The van der Waals surface area contributed by atoms with E-state index >= 15 is 0 Å². The fourth-order valence-electron chi connectivity index (χ4n) is 6.51. The molecule has 0 saturated heterocycles. The minimum absolute atomic E-state index is 0.0990. The third-order valence-electron chi connectivity index (χ3n) is 9.51. The zero-order valence-electron chi connectivity index (χ0n) is 27.4. The van der Waals surface area contributed by atoms with Crippen LogP contribution in [0.15, 0.2) is 67.3 Å². The van der Waals surface area contributed by atoms with Crippen molar-refractivity contribution in [3.05, 3.63) is 89.6 Å². The average Bonchev–Trinajstić information content (AvgIpc) is 3.84. The van der Waals surface area contributed by atoms with Crippen molar-refractivity contribution in [1.82, 2.24) is 25.3 Å². The zero-order chi connectivity index (χ0) is 35.7. The number of alkyl halides is 2. The molecule has 0 radical (unpaired) electrons. The summed E-state index contributed by atoms with van der Waals surface area (Å²) >= 11 is 0. The van der Waals surface area contributed by atoms with Gasteiger partial charge in [0.15, 0.2) is 11.5 Å². The molecule has 2 aromatic carbocycles. The number of aryl methyl sites for hydroxylation is 1. The van der Waals surface area contributed by atoms with Gasteiger partial charge in [-0.3, -0.25) is 19.6 Å². The Balaban J connectivity index is 1.16. The number of rotatable bonds is 9. The summed E-state index contributed by atoms with van der Waals surface area (Å²) in [7, 11) is 0. The second-order valence-electron chi connectivity index (χ2n) is 13.3. The van der Waals surface area contributed by atoms with Gasteiger partial charge in [0.2, 0.25) is 5.91 Å². The molecular weight excluding hydrogens is 664 g/mol. The molecule has 1 unspecified atom stereocenters. The summed E-state index contributed by atoms with van der Waals surface area (Å²) in [5.74, 6) is -1.11. The number of nitrogens with zero attached hydrogens (tertiary/aromatic N) is 4.